The van der Waals surface area contributed by atoms with Crippen LogP contribution in [0.3, 0.4) is 0 Å². The highest BCUT2D eigenvalue weighted by molar-refractivity contribution is 5.95. The standard InChI is InChI=1S/C28H32FN5O4/c1-17(2)34-24-14-22(29)23(13-21(24)26(36)33(28(34)38)15-18-10-11-18)31-27(37)32-12-6-9-20(16-32)30-25(35)19-7-4-3-5-8-19/h3-5,7-8,13-14,17-18,20H,6,9-12,15-16H2,1-2H3,(H,30,35)(H,31,37)/t20-/m1/s1. The molecule has 38 heavy (non-hydrogen) atoms. The summed E-state index contributed by atoms with van der Waals surface area (Å²) in [7, 11) is 0. The quantitative estimate of drug-likeness (QED) is 0.516. The fourth-order valence-electron chi connectivity index (χ4n) is 5.05. The Morgan fingerprint density at radius 2 is 1.82 bits per heavy atom. The Balaban J connectivity index is 1.38. The van der Waals surface area contributed by atoms with Crippen LogP contribution in [-0.4, -0.2) is 45.1 Å². The molecule has 1 saturated heterocycles. The van der Waals surface area contributed by atoms with Gasteiger partial charge in [0.1, 0.15) is 5.82 Å². The van der Waals surface area contributed by atoms with Crippen LogP contribution in [0.5, 0.6) is 0 Å². The van der Waals surface area contributed by atoms with E-state index in [0.717, 1.165) is 25.3 Å². The number of likely N-dealkylation sites (tertiary alicyclic amines) is 1. The van der Waals surface area contributed by atoms with E-state index < -0.39 is 23.1 Å². The Hall–Kier alpha value is -3.95. The second-order valence-corrected chi connectivity index (χ2v) is 10.5. The topological polar surface area (TPSA) is 105 Å². The van der Waals surface area contributed by atoms with Crippen LogP contribution >= 0.6 is 0 Å². The van der Waals surface area contributed by atoms with Gasteiger partial charge in [-0.25, -0.2) is 14.0 Å². The van der Waals surface area contributed by atoms with E-state index in [1.165, 1.54) is 20.1 Å². The Morgan fingerprint density at radius 1 is 1.08 bits per heavy atom. The molecule has 1 aromatic heterocycles. The van der Waals surface area contributed by atoms with E-state index in [2.05, 4.69) is 10.6 Å². The fraction of sp³-hybridized carbons (Fsp3) is 0.429. The highest BCUT2D eigenvalue weighted by Crippen LogP contribution is 2.30. The highest BCUT2D eigenvalue weighted by Gasteiger charge is 2.28. The maximum atomic E-state index is 15.2. The number of fused-ring (bicyclic) bond motifs is 1. The zero-order valence-electron chi connectivity index (χ0n) is 21.6. The number of benzene rings is 2. The maximum Gasteiger partial charge on any atom is 0.331 e. The number of anilines is 1. The van der Waals surface area contributed by atoms with Crippen molar-refractivity contribution in [2.45, 2.75) is 58.2 Å². The Morgan fingerprint density at radius 3 is 2.50 bits per heavy atom. The van der Waals surface area contributed by atoms with E-state index in [1.54, 1.807) is 24.3 Å². The first-order chi connectivity index (χ1) is 18.2. The summed E-state index contributed by atoms with van der Waals surface area (Å²) in [4.78, 5) is 53.5. The largest absolute Gasteiger partial charge is 0.348 e. The van der Waals surface area contributed by atoms with Gasteiger partial charge in [-0.1, -0.05) is 18.2 Å². The molecule has 3 aromatic rings. The van der Waals surface area contributed by atoms with Crippen LogP contribution in [0.25, 0.3) is 10.9 Å². The lowest BCUT2D eigenvalue weighted by Crippen LogP contribution is -2.50. The normalized spacial score (nSPS) is 17.6. The molecule has 2 aliphatic rings. The third-order valence-corrected chi connectivity index (χ3v) is 7.23. The molecule has 2 heterocycles. The molecule has 1 aliphatic heterocycles. The van der Waals surface area contributed by atoms with Crippen LogP contribution in [0.4, 0.5) is 14.9 Å². The summed E-state index contributed by atoms with van der Waals surface area (Å²) in [6.07, 6.45) is 3.34. The van der Waals surface area contributed by atoms with Crippen LogP contribution in [0.15, 0.2) is 52.1 Å². The molecule has 1 atom stereocenters. The number of hydrogen-bond acceptors (Lipinski definition) is 4. The lowest BCUT2D eigenvalue weighted by atomic mass is 10.1. The van der Waals surface area contributed by atoms with E-state index in [-0.39, 0.29) is 41.1 Å². The van der Waals surface area contributed by atoms with Crippen LogP contribution < -0.4 is 21.9 Å². The minimum Gasteiger partial charge on any atom is -0.348 e. The van der Waals surface area contributed by atoms with Crippen molar-refractivity contribution in [3.63, 3.8) is 0 Å². The number of rotatable bonds is 6. The Bertz CT molecular complexity index is 1490. The number of amides is 3. The van der Waals surface area contributed by atoms with E-state index in [1.807, 2.05) is 19.9 Å². The molecule has 0 spiro atoms. The van der Waals surface area contributed by atoms with Crippen LogP contribution in [0, 0.1) is 11.7 Å². The van der Waals surface area contributed by atoms with Crippen molar-refractivity contribution in [2.75, 3.05) is 18.4 Å². The van der Waals surface area contributed by atoms with E-state index in [4.69, 9.17) is 0 Å². The predicted molar refractivity (Wildman–Crippen MR) is 143 cm³/mol. The molecule has 2 aromatic carbocycles. The minimum absolute atomic E-state index is 0.123. The maximum absolute atomic E-state index is 15.2. The van der Waals surface area contributed by atoms with Crippen molar-refractivity contribution >= 4 is 28.5 Å². The Kier molecular flexibility index (Phi) is 7.05. The summed E-state index contributed by atoms with van der Waals surface area (Å²) in [6.45, 7) is 4.69. The Labute approximate surface area is 219 Å². The van der Waals surface area contributed by atoms with Gasteiger partial charge in [0.25, 0.3) is 11.5 Å². The molecule has 5 rings (SSSR count). The van der Waals surface area contributed by atoms with Crippen LogP contribution in [0.1, 0.15) is 55.9 Å². The predicted octanol–water partition coefficient (Wildman–Crippen LogP) is 3.72. The first-order valence-corrected chi connectivity index (χ1v) is 13.1. The molecule has 2 fully saturated rings. The van der Waals surface area contributed by atoms with Crippen molar-refractivity contribution in [3.8, 4) is 0 Å². The van der Waals surface area contributed by atoms with Crippen LogP contribution in [-0.2, 0) is 6.54 Å². The molecular weight excluding hydrogens is 489 g/mol. The van der Waals surface area contributed by atoms with E-state index in [0.29, 0.717) is 31.0 Å². The highest BCUT2D eigenvalue weighted by atomic mass is 19.1. The summed E-state index contributed by atoms with van der Waals surface area (Å²) in [5, 5.41) is 5.75. The summed E-state index contributed by atoms with van der Waals surface area (Å²) in [5.41, 5.74) is -0.302. The summed E-state index contributed by atoms with van der Waals surface area (Å²) >= 11 is 0. The van der Waals surface area contributed by atoms with Crippen molar-refractivity contribution < 1.29 is 14.0 Å². The van der Waals surface area contributed by atoms with Gasteiger partial charge in [0, 0.05) is 43.3 Å². The smallest absolute Gasteiger partial charge is 0.331 e. The third-order valence-electron chi connectivity index (χ3n) is 7.23. The van der Waals surface area contributed by atoms with Gasteiger partial charge in [-0.15, -0.1) is 0 Å². The van der Waals surface area contributed by atoms with Gasteiger partial charge in [0.05, 0.1) is 16.6 Å². The zero-order valence-corrected chi connectivity index (χ0v) is 21.6. The third kappa shape index (κ3) is 5.20. The van der Waals surface area contributed by atoms with Gasteiger partial charge >= 0.3 is 11.7 Å². The monoisotopic (exact) mass is 521 g/mol. The van der Waals surface area contributed by atoms with Gasteiger partial charge in [0.2, 0.25) is 0 Å². The number of hydrogen-bond donors (Lipinski definition) is 2. The molecule has 1 aliphatic carbocycles. The lowest BCUT2D eigenvalue weighted by Gasteiger charge is -2.33. The van der Waals surface area contributed by atoms with Gasteiger partial charge in [-0.2, -0.15) is 0 Å². The fourth-order valence-corrected chi connectivity index (χ4v) is 5.05. The molecule has 1 saturated carbocycles. The number of carbonyl (C=O) groups is 2. The van der Waals surface area contributed by atoms with Crippen molar-refractivity contribution in [1.82, 2.24) is 19.4 Å². The molecule has 10 heteroatoms. The van der Waals surface area contributed by atoms with Gasteiger partial charge in [-0.05, 0) is 63.6 Å². The first kappa shape index (κ1) is 25.7. The average molecular weight is 522 g/mol. The molecule has 200 valence electrons. The number of aromatic nitrogens is 2. The summed E-state index contributed by atoms with van der Waals surface area (Å²) in [6, 6.07) is 10.3. The number of nitrogens with zero attached hydrogens (tertiary/aromatic N) is 3. The molecule has 0 unspecified atom stereocenters. The molecule has 2 N–H and O–H groups in total. The summed E-state index contributed by atoms with van der Waals surface area (Å²) < 4.78 is 17.9. The van der Waals surface area contributed by atoms with Gasteiger partial charge in [-0.3, -0.25) is 18.7 Å². The van der Waals surface area contributed by atoms with Gasteiger partial charge in [0.15, 0.2) is 0 Å². The molecule has 0 radical (unpaired) electrons. The number of carbonyl (C=O) groups excluding carboxylic acids is 2. The zero-order chi connectivity index (χ0) is 27.0. The lowest BCUT2D eigenvalue weighted by molar-refractivity contribution is 0.0913. The van der Waals surface area contributed by atoms with Crippen molar-refractivity contribution in [2.24, 2.45) is 5.92 Å². The summed E-state index contributed by atoms with van der Waals surface area (Å²) in [5.74, 6) is -0.644. The van der Waals surface area contributed by atoms with Crippen molar-refractivity contribution in [3.05, 3.63) is 74.7 Å². The second-order valence-electron chi connectivity index (χ2n) is 10.5. The number of piperidine rings is 1. The number of halogens is 1. The van der Waals surface area contributed by atoms with Gasteiger partial charge < -0.3 is 15.5 Å². The minimum atomic E-state index is -0.732. The number of nitrogens with one attached hydrogen (secondary N) is 2. The van der Waals surface area contributed by atoms with Crippen molar-refractivity contribution in [1.29, 1.82) is 0 Å². The molecule has 9 nitrogen and oxygen atoms in total. The first-order valence-electron chi connectivity index (χ1n) is 13.1. The average Bonchev–Trinajstić information content (AvgIpc) is 3.72. The van der Waals surface area contributed by atoms with E-state index >= 15 is 4.39 Å². The molecule has 3 amide bonds. The second kappa shape index (κ2) is 10.4. The number of urea groups is 1. The SMILES string of the molecule is CC(C)n1c(=O)n(CC2CC2)c(=O)c2cc(NC(=O)N3CCC[C@@H](NC(=O)c4ccccc4)C3)c(F)cc21. The van der Waals surface area contributed by atoms with Crippen LogP contribution in [0.2, 0.25) is 0 Å². The molecule has 0 bridgehead atoms. The van der Waals surface area contributed by atoms with E-state index in [9.17, 15) is 19.2 Å². The molecular formula is C28H32FN5O4.